The van der Waals surface area contributed by atoms with Crippen LogP contribution in [0.2, 0.25) is 0 Å². The molecule has 1 aromatic rings. The highest BCUT2D eigenvalue weighted by Gasteiger charge is 2.20. The minimum Gasteiger partial charge on any atom is -0.349 e. The van der Waals surface area contributed by atoms with Crippen LogP contribution in [0.15, 0.2) is 18.2 Å². The first-order valence-corrected chi connectivity index (χ1v) is 8.53. The Hall–Kier alpha value is -1.38. The van der Waals surface area contributed by atoms with Crippen LogP contribution in [0.3, 0.4) is 0 Å². The summed E-state index contributed by atoms with van der Waals surface area (Å²) in [6.07, 6.45) is 2.55. The van der Waals surface area contributed by atoms with E-state index in [1.54, 1.807) is 0 Å². The molecule has 0 unspecified atom stereocenters. The predicted molar refractivity (Wildman–Crippen MR) is 85.5 cm³/mol. The van der Waals surface area contributed by atoms with Crippen LogP contribution in [-0.4, -0.2) is 39.7 Å². The minimum absolute atomic E-state index is 0. The van der Waals surface area contributed by atoms with E-state index in [4.69, 9.17) is 0 Å². The lowest BCUT2D eigenvalue weighted by atomic mass is 10.1. The van der Waals surface area contributed by atoms with Crippen LogP contribution in [0.25, 0.3) is 0 Å². The largest absolute Gasteiger partial charge is 0.349 e. The van der Waals surface area contributed by atoms with E-state index in [2.05, 4.69) is 15.4 Å². The third-order valence-electron chi connectivity index (χ3n) is 3.20. The molecule has 1 saturated heterocycles. The second kappa shape index (κ2) is 7.75. The minimum atomic E-state index is -3.54. The van der Waals surface area contributed by atoms with Gasteiger partial charge in [0.15, 0.2) is 0 Å². The molecule has 0 atom stereocenters. The van der Waals surface area contributed by atoms with Gasteiger partial charge < -0.3 is 10.6 Å². The molecule has 0 aromatic heterocycles. The predicted octanol–water partition coefficient (Wildman–Crippen LogP) is 1.10. The molecule has 0 spiro atoms. The van der Waals surface area contributed by atoms with Gasteiger partial charge >= 0.3 is 0 Å². The average Bonchev–Trinajstić information content (AvgIpc) is 2.40. The number of piperidine rings is 1. The van der Waals surface area contributed by atoms with E-state index in [0.717, 1.165) is 44.3 Å². The molecule has 1 aromatic carbocycles. The molecule has 0 radical (unpaired) electrons. The first kappa shape index (κ1) is 18.7. The standard InChI is InChI=1S/C13H18FN3O3S.ClH/c1-21(19,20)17-12-3-2-9(14)8-11(12)13(18)16-10-4-6-15-7-5-10;/h2-3,8,10,15,17H,4-7H2,1H3,(H,16,18);1H. The van der Waals surface area contributed by atoms with E-state index < -0.39 is 21.7 Å². The number of carbonyl (C=O) groups is 1. The Bertz CT molecular complexity index is 633. The topological polar surface area (TPSA) is 87.3 Å². The number of halogens is 2. The van der Waals surface area contributed by atoms with Gasteiger partial charge in [0.25, 0.3) is 5.91 Å². The summed E-state index contributed by atoms with van der Waals surface area (Å²) >= 11 is 0. The number of benzene rings is 1. The van der Waals surface area contributed by atoms with Gasteiger partial charge in [-0.3, -0.25) is 9.52 Å². The summed E-state index contributed by atoms with van der Waals surface area (Å²) in [4.78, 5) is 12.2. The molecule has 124 valence electrons. The Morgan fingerprint density at radius 2 is 1.95 bits per heavy atom. The number of carbonyl (C=O) groups excluding carboxylic acids is 1. The molecule has 1 heterocycles. The smallest absolute Gasteiger partial charge is 0.253 e. The van der Waals surface area contributed by atoms with Crippen molar-refractivity contribution >= 4 is 34.0 Å². The number of sulfonamides is 1. The van der Waals surface area contributed by atoms with Crippen LogP contribution in [-0.2, 0) is 10.0 Å². The van der Waals surface area contributed by atoms with Gasteiger partial charge in [0.1, 0.15) is 5.82 Å². The summed E-state index contributed by atoms with van der Waals surface area (Å²) in [5.41, 5.74) is 0.0595. The molecule has 1 fully saturated rings. The Morgan fingerprint density at radius 3 is 2.55 bits per heavy atom. The highest BCUT2D eigenvalue weighted by molar-refractivity contribution is 7.92. The van der Waals surface area contributed by atoms with Crippen molar-refractivity contribution in [2.24, 2.45) is 0 Å². The maximum absolute atomic E-state index is 13.4. The average molecular weight is 352 g/mol. The van der Waals surface area contributed by atoms with Gasteiger partial charge in [-0.15, -0.1) is 12.4 Å². The van der Waals surface area contributed by atoms with Crippen LogP contribution in [0, 0.1) is 5.82 Å². The summed E-state index contributed by atoms with van der Waals surface area (Å²) < 4.78 is 38.2. The molecule has 2 rings (SSSR count). The number of nitrogens with one attached hydrogen (secondary N) is 3. The lowest BCUT2D eigenvalue weighted by Gasteiger charge is -2.24. The Morgan fingerprint density at radius 1 is 1.32 bits per heavy atom. The first-order valence-electron chi connectivity index (χ1n) is 6.64. The van der Waals surface area contributed by atoms with Crippen molar-refractivity contribution in [3.8, 4) is 0 Å². The number of anilines is 1. The maximum Gasteiger partial charge on any atom is 0.253 e. The van der Waals surface area contributed by atoms with Gasteiger partial charge in [0.2, 0.25) is 10.0 Å². The second-order valence-corrected chi connectivity index (χ2v) is 6.81. The van der Waals surface area contributed by atoms with Crippen molar-refractivity contribution in [1.82, 2.24) is 10.6 Å². The molecule has 1 aliphatic heterocycles. The van der Waals surface area contributed by atoms with Crippen molar-refractivity contribution in [1.29, 1.82) is 0 Å². The van der Waals surface area contributed by atoms with E-state index >= 15 is 0 Å². The van der Waals surface area contributed by atoms with Crippen molar-refractivity contribution < 1.29 is 17.6 Å². The molecule has 6 nitrogen and oxygen atoms in total. The molecule has 22 heavy (non-hydrogen) atoms. The fourth-order valence-electron chi connectivity index (χ4n) is 2.22. The lowest BCUT2D eigenvalue weighted by Crippen LogP contribution is -2.42. The monoisotopic (exact) mass is 351 g/mol. The van der Waals surface area contributed by atoms with E-state index in [1.807, 2.05) is 0 Å². The molecule has 9 heteroatoms. The molecule has 3 N–H and O–H groups in total. The Kier molecular flexibility index (Phi) is 6.58. The van der Waals surface area contributed by atoms with Gasteiger partial charge in [-0.25, -0.2) is 12.8 Å². The Balaban J connectivity index is 0.00000242. The first-order chi connectivity index (χ1) is 9.85. The molecule has 0 saturated carbocycles. The maximum atomic E-state index is 13.4. The summed E-state index contributed by atoms with van der Waals surface area (Å²) in [5, 5.41) is 5.98. The van der Waals surface area contributed by atoms with Crippen LogP contribution in [0.4, 0.5) is 10.1 Å². The SMILES string of the molecule is CS(=O)(=O)Nc1ccc(F)cc1C(=O)NC1CCNCC1.Cl. The van der Waals surface area contributed by atoms with Crippen molar-refractivity contribution in [3.63, 3.8) is 0 Å². The summed E-state index contributed by atoms with van der Waals surface area (Å²) in [6, 6.07) is 3.39. The van der Waals surface area contributed by atoms with E-state index in [1.165, 1.54) is 6.07 Å². The lowest BCUT2D eigenvalue weighted by molar-refractivity contribution is 0.0930. The highest BCUT2D eigenvalue weighted by Crippen LogP contribution is 2.19. The molecule has 0 aliphatic carbocycles. The van der Waals surface area contributed by atoms with Crippen LogP contribution >= 0.6 is 12.4 Å². The van der Waals surface area contributed by atoms with Gasteiger partial charge in [0, 0.05) is 6.04 Å². The van der Waals surface area contributed by atoms with Crippen LogP contribution in [0.1, 0.15) is 23.2 Å². The number of amides is 1. The molecular weight excluding hydrogens is 333 g/mol. The van der Waals surface area contributed by atoms with Gasteiger partial charge in [-0.05, 0) is 44.1 Å². The van der Waals surface area contributed by atoms with Gasteiger partial charge in [-0.2, -0.15) is 0 Å². The number of hydrogen-bond acceptors (Lipinski definition) is 4. The number of rotatable bonds is 4. The molecular formula is C13H19ClFN3O3S. The summed E-state index contributed by atoms with van der Waals surface area (Å²) in [5.74, 6) is -1.07. The van der Waals surface area contributed by atoms with E-state index in [-0.39, 0.29) is 29.7 Å². The molecule has 0 bridgehead atoms. The van der Waals surface area contributed by atoms with Crippen molar-refractivity contribution in [2.45, 2.75) is 18.9 Å². The fraction of sp³-hybridized carbons (Fsp3) is 0.462. The highest BCUT2D eigenvalue weighted by atomic mass is 35.5. The van der Waals surface area contributed by atoms with Crippen molar-refractivity contribution in [2.75, 3.05) is 24.1 Å². The van der Waals surface area contributed by atoms with Gasteiger partial charge in [0.05, 0.1) is 17.5 Å². The number of hydrogen-bond donors (Lipinski definition) is 3. The van der Waals surface area contributed by atoms with E-state index in [0.29, 0.717) is 0 Å². The zero-order chi connectivity index (χ0) is 15.5. The normalized spacial score (nSPS) is 15.7. The van der Waals surface area contributed by atoms with Gasteiger partial charge in [-0.1, -0.05) is 0 Å². The van der Waals surface area contributed by atoms with E-state index in [9.17, 15) is 17.6 Å². The summed E-state index contributed by atoms with van der Waals surface area (Å²) in [7, 11) is -3.54. The zero-order valence-electron chi connectivity index (χ0n) is 12.1. The quantitative estimate of drug-likeness (QED) is 0.758. The zero-order valence-corrected chi connectivity index (χ0v) is 13.7. The van der Waals surface area contributed by atoms with Crippen molar-refractivity contribution in [3.05, 3.63) is 29.6 Å². The molecule has 1 amide bonds. The van der Waals surface area contributed by atoms with Crippen LogP contribution < -0.4 is 15.4 Å². The third-order valence-corrected chi connectivity index (χ3v) is 3.79. The molecule has 1 aliphatic rings. The second-order valence-electron chi connectivity index (χ2n) is 5.06. The third kappa shape index (κ3) is 5.43. The Labute approximate surface area is 135 Å². The fourth-order valence-corrected chi connectivity index (χ4v) is 2.80. The van der Waals surface area contributed by atoms with Crippen LogP contribution in [0.5, 0.6) is 0 Å². The summed E-state index contributed by atoms with van der Waals surface area (Å²) in [6.45, 7) is 1.62.